The van der Waals surface area contributed by atoms with Crippen LogP contribution in [0.5, 0.6) is 5.75 Å². The molecule has 0 unspecified atom stereocenters. The molecule has 3 rings (SSSR count). The normalized spacial score (nSPS) is 18.5. The molecule has 5 heteroatoms. The Hall–Kier alpha value is -1.82. The maximum Gasteiger partial charge on any atom is 0.495 e. The van der Waals surface area contributed by atoms with Crippen LogP contribution in [-0.4, -0.2) is 32.2 Å². The smallest absolute Gasteiger partial charge is 0.468 e. The van der Waals surface area contributed by atoms with Crippen molar-refractivity contribution in [2.24, 2.45) is 0 Å². The summed E-state index contributed by atoms with van der Waals surface area (Å²) in [5, 5.41) is 2.12. The van der Waals surface area contributed by atoms with Crippen LogP contribution in [0.3, 0.4) is 0 Å². The van der Waals surface area contributed by atoms with Crippen LogP contribution < -0.4 is 10.2 Å². The van der Waals surface area contributed by atoms with Crippen molar-refractivity contribution >= 4 is 29.4 Å². The van der Waals surface area contributed by atoms with Gasteiger partial charge in [-0.3, -0.25) is 0 Å². The number of benzene rings is 2. The lowest BCUT2D eigenvalue weighted by molar-refractivity contribution is 0.00578. The van der Waals surface area contributed by atoms with E-state index in [1.807, 2.05) is 30.3 Å². The fourth-order valence-corrected chi connectivity index (χ4v) is 3.00. The van der Waals surface area contributed by atoms with Gasteiger partial charge >= 0.3 is 7.12 Å². The van der Waals surface area contributed by atoms with E-state index in [-0.39, 0.29) is 6.79 Å². The van der Waals surface area contributed by atoms with Crippen molar-refractivity contribution in [1.82, 2.24) is 0 Å². The summed E-state index contributed by atoms with van der Waals surface area (Å²) in [6.45, 7) is 12.3. The minimum absolute atomic E-state index is 0.190. The van der Waals surface area contributed by atoms with E-state index in [2.05, 4.69) is 40.3 Å². The second kappa shape index (κ2) is 6.48. The van der Waals surface area contributed by atoms with E-state index >= 15 is 0 Å². The maximum atomic E-state index is 6.27. The highest BCUT2D eigenvalue weighted by molar-refractivity contribution is 6.65. The predicted octanol–water partition coefficient (Wildman–Crippen LogP) is 3.76. The third-order valence-electron chi connectivity index (χ3n) is 5.08. The first kappa shape index (κ1) is 18.0. The van der Waals surface area contributed by atoms with Gasteiger partial charge in [-0.25, -0.2) is 0 Å². The van der Waals surface area contributed by atoms with Crippen molar-refractivity contribution in [3.63, 3.8) is 0 Å². The zero-order chi connectivity index (χ0) is 18.2. The van der Waals surface area contributed by atoms with E-state index in [0.29, 0.717) is 0 Å². The number of hydrogen-bond donors (Lipinski definition) is 0. The largest absolute Gasteiger partial charge is 0.495 e. The van der Waals surface area contributed by atoms with Gasteiger partial charge in [0.2, 0.25) is 0 Å². The lowest BCUT2D eigenvalue weighted by Crippen LogP contribution is -2.41. The first-order valence-electron chi connectivity index (χ1n) is 8.45. The molecule has 0 aromatic heterocycles. The Morgan fingerprint density at radius 1 is 1.12 bits per heavy atom. The third-order valence-corrected chi connectivity index (χ3v) is 5.08. The molecule has 2 aromatic rings. The van der Waals surface area contributed by atoms with Gasteiger partial charge in [-0.1, -0.05) is 30.9 Å². The van der Waals surface area contributed by atoms with Crippen LogP contribution in [0.4, 0.5) is 0 Å². The molecule has 0 spiro atoms. The van der Waals surface area contributed by atoms with E-state index in [0.717, 1.165) is 27.5 Å². The molecule has 2 aromatic carbocycles. The van der Waals surface area contributed by atoms with Crippen LogP contribution in [-0.2, 0) is 14.0 Å². The van der Waals surface area contributed by atoms with Crippen LogP contribution in [0.2, 0.25) is 0 Å². The molecule has 0 N–H and O–H groups in total. The van der Waals surface area contributed by atoms with Crippen LogP contribution >= 0.6 is 0 Å². The molecule has 0 radical (unpaired) electrons. The summed E-state index contributed by atoms with van der Waals surface area (Å²) in [5.41, 5.74) is 1.17. The van der Waals surface area contributed by atoms with E-state index in [1.54, 1.807) is 7.11 Å². The van der Waals surface area contributed by atoms with Crippen molar-refractivity contribution in [1.29, 1.82) is 0 Å². The maximum absolute atomic E-state index is 6.27. The van der Waals surface area contributed by atoms with Crippen molar-refractivity contribution in [2.75, 3.05) is 13.9 Å². The Balaban J connectivity index is 2.16. The van der Waals surface area contributed by atoms with Gasteiger partial charge in [-0.15, -0.1) is 0 Å². The van der Waals surface area contributed by atoms with Crippen molar-refractivity contribution < 1.29 is 18.8 Å². The molecule has 132 valence electrons. The standard InChI is InChI=1S/C20H25BO4/c1-7-14-9-8-10-15-11-16(23-13-22-6)12-17(18(14)15)21-24-19(2,3)20(4,5)25-21/h7-12H,1,13H2,2-6H3. The summed E-state index contributed by atoms with van der Waals surface area (Å²) in [7, 11) is 1.13. The fourth-order valence-electron chi connectivity index (χ4n) is 3.00. The molecule has 25 heavy (non-hydrogen) atoms. The molecule has 4 nitrogen and oxygen atoms in total. The highest BCUT2D eigenvalue weighted by atomic mass is 16.7. The predicted molar refractivity (Wildman–Crippen MR) is 102 cm³/mol. The Labute approximate surface area is 149 Å². The van der Waals surface area contributed by atoms with Crippen LogP contribution in [0.25, 0.3) is 16.8 Å². The summed E-state index contributed by atoms with van der Waals surface area (Å²) >= 11 is 0. The molecule has 1 saturated heterocycles. The number of fused-ring (bicyclic) bond motifs is 1. The van der Waals surface area contributed by atoms with Crippen molar-refractivity contribution in [3.8, 4) is 5.75 Å². The minimum Gasteiger partial charge on any atom is -0.468 e. The van der Waals surface area contributed by atoms with E-state index < -0.39 is 18.3 Å². The molecule has 1 aliphatic heterocycles. The average Bonchev–Trinajstić information content (AvgIpc) is 2.79. The number of rotatable bonds is 5. The Kier molecular flexibility index (Phi) is 4.67. The molecule has 0 saturated carbocycles. The SMILES string of the molecule is C=Cc1cccc2cc(OCOC)cc(B3OC(C)(C)C(C)(C)O3)c12. The summed E-state index contributed by atoms with van der Waals surface area (Å²) in [4.78, 5) is 0. The topological polar surface area (TPSA) is 36.9 Å². The van der Waals surface area contributed by atoms with Crippen LogP contribution in [0.1, 0.15) is 33.3 Å². The molecule has 0 amide bonds. The quantitative estimate of drug-likeness (QED) is 0.613. The van der Waals surface area contributed by atoms with Gasteiger partial charge in [0.05, 0.1) is 11.2 Å². The van der Waals surface area contributed by atoms with Gasteiger partial charge in [-0.05, 0) is 61.6 Å². The Morgan fingerprint density at radius 2 is 1.80 bits per heavy atom. The van der Waals surface area contributed by atoms with Gasteiger partial charge in [-0.2, -0.15) is 0 Å². The summed E-state index contributed by atoms with van der Waals surface area (Å²) < 4.78 is 23.3. The van der Waals surface area contributed by atoms with Gasteiger partial charge in [0.1, 0.15) is 5.75 Å². The number of ether oxygens (including phenoxy) is 2. The summed E-state index contributed by atoms with van der Waals surface area (Å²) in [5.74, 6) is 0.722. The first-order valence-corrected chi connectivity index (χ1v) is 8.45. The summed E-state index contributed by atoms with van der Waals surface area (Å²) in [6.07, 6.45) is 1.85. The molecule has 1 fully saturated rings. The minimum atomic E-state index is -0.473. The van der Waals surface area contributed by atoms with Crippen LogP contribution in [0, 0.1) is 0 Å². The second-order valence-electron chi connectivity index (χ2n) is 7.30. The Bertz CT molecular complexity index is 782. The lowest BCUT2D eigenvalue weighted by Gasteiger charge is -2.32. The molecule has 0 atom stereocenters. The van der Waals surface area contributed by atoms with E-state index in [1.165, 1.54) is 0 Å². The van der Waals surface area contributed by atoms with Gasteiger partial charge in [0, 0.05) is 7.11 Å². The van der Waals surface area contributed by atoms with Gasteiger partial charge in [0.25, 0.3) is 0 Å². The van der Waals surface area contributed by atoms with Crippen molar-refractivity contribution in [3.05, 3.63) is 42.5 Å². The number of hydrogen-bond acceptors (Lipinski definition) is 4. The van der Waals surface area contributed by atoms with Gasteiger partial charge < -0.3 is 18.8 Å². The number of methoxy groups -OCH3 is 1. The molecule has 0 aliphatic carbocycles. The monoisotopic (exact) mass is 340 g/mol. The molecule has 0 bridgehead atoms. The van der Waals surface area contributed by atoms with Crippen LogP contribution in [0.15, 0.2) is 36.9 Å². The zero-order valence-corrected chi connectivity index (χ0v) is 15.6. The van der Waals surface area contributed by atoms with E-state index in [4.69, 9.17) is 18.8 Å². The van der Waals surface area contributed by atoms with Gasteiger partial charge in [0.15, 0.2) is 6.79 Å². The summed E-state index contributed by atoms with van der Waals surface area (Å²) in [6, 6.07) is 10.1. The molecule has 1 aliphatic rings. The third kappa shape index (κ3) is 3.20. The first-order chi connectivity index (χ1) is 11.8. The molecule has 1 heterocycles. The van der Waals surface area contributed by atoms with E-state index in [9.17, 15) is 0 Å². The molecular formula is C20H25BO4. The average molecular weight is 340 g/mol. The second-order valence-corrected chi connectivity index (χ2v) is 7.30. The lowest BCUT2D eigenvalue weighted by atomic mass is 9.75. The molecular weight excluding hydrogens is 315 g/mol. The van der Waals surface area contributed by atoms with Crippen molar-refractivity contribution in [2.45, 2.75) is 38.9 Å². The fraction of sp³-hybridized carbons (Fsp3) is 0.400. The highest BCUT2D eigenvalue weighted by Gasteiger charge is 2.52. The Morgan fingerprint density at radius 3 is 2.40 bits per heavy atom. The zero-order valence-electron chi connectivity index (χ0n) is 15.6. The highest BCUT2D eigenvalue weighted by Crippen LogP contribution is 2.37.